The summed E-state index contributed by atoms with van der Waals surface area (Å²) in [4.78, 5) is 13.2. The molecule has 0 aliphatic rings. The van der Waals surface area contributed by atoms with Crippen LogP contribution in [0.4, 0.5) is 10.1 Å². The molecule has 0 saturated heterocycles. The maximum Gasteiger partial charge on any atom is 0.261 e. The van der Waals surface area contributed by atoms with Crippen LogP contribution < -0.4 is 10.1 Å². The van der Waals surface area contributed by atoms with Gasteiger partial charge in [0, 0.05) is 16.8 Å². The number of halogens is 1. The molecular weight excluding hydrogens is 395 g/mol. The van der Waals surface area contributed by atoms with Crippen LogP contribution in [-0.4, -0.2) is 26.6 Å². The topological polar surface area (TPSA) is 105 Å². The van der Waals surface area contributed by atoms with Crippen molar-refractivity contribution in [1.29, 1.82) is 4.78 Å². The zero-order chi connectivity index (χ0) is 21.2. The van der Waals surface area contributed by atoms with Crippen molar-refractivity contribution in [3.8, 4) is 11.6 Å². The molecular formula is C20H19FN4O3S. The number of amides is 1. The Balaban J connectivity index is 1.93. The number of nitrogens with one attached hydrogen (secondary N) is 2. The average molecular weight is 414 g/mol. The third-order valence-electron chi connectivity index (χ3n) is 4.12. The molecule has 1 heterocycles. The molecule has 9 heteroatoms. The first kappa shape index (κ1) is 20.4. The molecule has 0 spiro atoms. The van der Waals surface area contributed by atoms with Crippen molar-refractivity contribution in [2.45, 2.75) is 18.7 Å². The lowest BCUT2D eigenvalue weighted by atomic mass is 10.1. The molecule has 1 aromatic heterocycles. The maximum atomic E-state index is 13.3. The van der Waals surface area contributed by atoms with Crippen LogP contribution in [0.5, 0.6) is 11.6 Å². The third-order valence-corrected chi connectivity index (χ3v) is 5.27. The van der Waals surface area contributed by atoms with Crippen LogP contribution in [0.15, 0.2) is 53.6 Å². The Kier molecular flexibility index (Phi) is 5.60. The van der Waals surface area contributed by atoms with Gasteiger partial charge in [0.1, 0.15) is 17.1 Å². The molecule has 3 rings (SSSR count). The summed E-state index contributed by atoms with van der Waals surface area (Å²) in [7, 11) is -2.92. The van der Waals surface area contributed by atoms with E-state index < -0.39 is 21.5 Å². The van der Waals surface area contributed by atoms with Crippen molar-refractivity contribution in [2.24, 2.45) is 0 Å². The monoisotopic (exact) mass is 414 g/mol. The van der Waals surface area contributed by atoms with E-state index in [1.165, 1.54) is 36.7 Å². The van der Waals surface area contributed by atoms with E-state index in [9.17, 15) is 13.4 Å². The minimum absolute atomic E-state index is 0.0202. The second-order valence-electron chi connectivity index (χ2n) is 6.55. The van der Waals surface area contributed by atoms with Gasteiger partial charge in [-0.05, 0) is 61.4 Å². The fourth-order valence-corrected chi connectivity index (χ4v) is 3.33. The van der Waals surface area contributed by atoms with Gasteiger partial charge in [-0.3, -0.25) is 4.79 Å². The normalized spacial score (nSPS) is 12.8. The number of anilines is 1. The van der Waals surface area contributed by atoms with Crippen LogP contribution in [0.1, 0.15) is 21.5 Å². The number of ether oxygens (including phenoxy) is 1. The number of aryl methyl sites for hydroxylation is 2. The second kappa shape index (κ2) is 7.96. The number of benzene rings is 2. The zero-order valence-electron chi connectivity index (χ0n) is 16.0. The van der Waals surface area contributed by atoms with Gasteiger partial charge in [0.25, 0.3) is 11.8 Å². The van der Waals surface area contributed by atoms with Gasteiger partial charge in [-0.2, -0.15) is 5.10 Å². The molecule has 0 saturated carbocycles. The molecule has 150 valence electrons. The second-order valence-corrected chi connectivity index (χ2v) is 8.70. The Hall–Kier alpha value is -3.33. The molecule has 1 unspecified atom stereocenters. The Morgan fingerprint density at radius 2 is 1.93 bits per heavy atom. The van der Waals surface area contributed by atoms with Crippen molar-refractivity contribution < 1.29 is 18.1 Å². The maximum absolute atomic E-state index is 13.3. The summed E-state index contributed by atoms with van der Waals surface area (Å²) in [6.07, 6.45) is 2.74. The van der Waals surface area contributed by atoms with Gasteiger partial charge >= 0.3 is 0 Å². The highest BCUT2D eigenvalue weighted by Gasteiger charge is 2.20. The minimum atomic E-state index is -2.92. The molecule has 1 atom stereocenters. The van der Waals surface area contributed by atoms with E-state index in [-0.39, 0.29) is 11.4 Å². The van der Waals surface area contributed by atoms with E-state index >= 15 is 0 Å². The van der Waals surface area contributed by atoms with Gasteiger partial charge in [-0.25, -0.2) is 13.4 Å². The van der Waals surface area contributed by atoms with E-state index in [1.54, 1.807) is 32.0 Å². The summed E-state index contributed by atoms with van der Waals surface area (Å²) in [5.41, 5.74) is 1.62. The van der Waals surface area contributed by atoms with Gasteiger partial charge in [-0.15, -0.1) is 5.10 Å². The number of aromatic nitrogens is 2. The molecule has 0 radical (unpaired) electrons. The summed E-state index contributed by atoms with van der Waals surface area (Å²) >= 11 is 0. The van der Waals surface area contributed by atoms with Crippen LogP contribution in [0, 0.1) is 24.4 Å². The molecule has 3 aromatic rings. The van der Waals surface area contributed by atoms with Crippen molar-refractivity contribution >= 4 is 21.3 Å². The lowest BCUT2D eigenvalue weighted by Crippen LogP contribution is -2.16. The molecule has 7 nitrogen and oxygen atoms in total. The van der Waals surface area contributed by atoms with Gasteiger partial charge in [0.05, 0.1) is 15.9 Å². The van der Waals surface area contributed by atoms with E-state index in [4.69, 9.17) is 9.52 Å². The molecule has 0 fully saturated rings. The van der Waals surface area contributed by atoms with E-state index in [2.05, 4.69) is 15.5 Å². The quantitative estimate of drug-likeness (QED) is 0.647. The van der Waals surface area contributed by atoms with Crippen LogP contribution in [0.2, 0.25) is 0 Å². The predicted octanol–water partition coefficient (Wildman–Crippen LogP) is 4.31. The lowest BCUT2D eigenvalue weighted by molar-refractivity contribution is 0.102. The van der Waals surface area contributed by atoms with E-state index in [1.807, 2.05) is 0 Å². The SMILES string of the molecule is Cc1cc(F)ccc1Oc1nncc(C)c1C(=O)Nc1cccc(S(C)(=N)=O)c1. The summed E-state index contributed by atoms with van der Waals surface area (Å²) in [5, 5.41) is 10.5. The van der Waals surface area contributed by atoms with Crippen LogP contribution in [0.25, 0.3) is 0 Å². The molecule has 2 N–H and O–H groups in total. The molecule has 2 aromatic carbocycles. The van der Waals surface area contributed by atoms with Gasteiger partial charge in [0.15, 0.2) is 0 Å². The van der Waals surface area contributed by atoms with Crippen molar-refractivity contribution in [1.82, 2.24) is 10.2 Å². The largest absolute Gasteiger partial charge is 0.437 e. The number of carbonyl (C=O) groups excluding carboxylic acids is 1. The molecule has 0 bridgehead atoms. The molecule has 29 heavy (non-hydrogen) atoms. The van der Waals surface area contributed by atoms with Crippen molar-refractivity contribution in [3.63, 3.8) is 0 Å². The number of carbonyl (C=O) groups is 1. The first-order valence-electron chi connectivity index (χ1n) is 8.56. The van der Waals surface area contributed by atoms with Gasteiger partial charge in [0.2, 0.25) is 0 Å². The summed E-state index contributed by atoms with van der Waals surface area (Å²) in [6, 6.07) is 10.3. The number of nitrogens with zero attached hydrogens (tertiary/aromatic N) is 2. The number of hydrogen-bond donors (Lipinski definition) is 2. The van der Waals surface area contributed by atoms with E-state index in [0.29, 0.717) is 27.5 Å². The van der Waals surface area contributed by atoms with Crippen molar-refractivity contribution in [2.75, 3.05) is 11.6 Å². The van der Waals surface area contributed by atoms with Gasteiger partial charge < -0.3 is 10.1 Å². The highest BCUT2D eigenvalue weighted by atomic mass is 32.2. The summed E-state index contributed by atoms with van der Waals surface area (Å²) in [6.45, 7) is 3.36. The minimum Gasteiger partial charge on any atom is -0.437 e. The fourth-order valence-electron chi connectivity index (χ4n) is 2.64. The molecule has 1 amide bonds. The smallest absolute Gasteiger partial charge is 0.261 e. The first-order chi connectivity index (χ1) is 13.6. The predicted molar refractivity (Wildman–Crippen MR) is 107 cm³/mol. The molecule has 0 aliphatic heterocycles. The highest BCUT2D eigenvalue weighted by Crippen LogP contribution is 2.28. The Morgan fingerprint density at radius 3 is 2.62 bits per heavy atom. The van der Waals surface area contributed by atoms with Crippen LogP contribution >= 0.6 is 0 Å². The molecule has 0 aliphatic carbocycles. The number of rotatable bonds is 5. The zero-order valence-corrected chi connectivity index (χ0v) is 16.8. The summed E-state index contributed by atoms with van der Waals surface area (Å²) in [5.74, 6) is -0.572. The Morgan fingerprint density at radius 1 is 1.17 bits per heavy atom. The Bertz CT molecular complexity index is 1200. The Labute approximate surface area is 167 Å². The first-order valence-corrected chi connectivity index (χ1v) is 10.5. The lowest BCUT2D eigenvalue weighted by Gasteiger charge is -2.13. The van der Waals surface area contributed by atoms with Crippen molar-refractivity contribution in [3.05, 3.63) is 71.2 Å². The van der Waals surface area contributed by atoms with Crippen LogP contribution in [0.3, 0.4) is 0 Å². The average Bonchev–Trinajstić information content (AvgIpc) is 2.63. The van der Waals surface area contributed by atoms with Gasteiger partial charge in [-0.1, -0.05) is 6.07 Å². The number of hydrogen-bond acceptors (Lipinski definition) is 6. The fraction of sp³-hybridized carbons (Fsp3) is 0.150. The third kappa shape index (κ3) is 4.75. The summed E-state index contributed by atoms with van der Waals surface area (Å²) < 4.78 is 38.7. The van der Waals surface area contributed by atoms with Crippen LogP contribution in [-0.2, 0) is 9.73 Å². The highest BCUT2D eigenvalue weighted by molar-refractivity contribution is 7.91. The van der Waals surface area contributed by atoms with E-state index in [0.717, 1.165) is 0 Å². The standard InChI is InChI=1S/C20H19FN4O3S/c1-12-9-14(21)7-8-17(12)28-20-18(13(2)11-23-25-20)19(26)24-15-5-4-6-16(10-15)29(3,22)27/h4-11,22H,1-3H3,(H,24,26).